The molecule has 1 N–H and O–H groups in total. The van der Waals surface area contributed by atoms with Crippen LogP contribution in [0.4, 0.5) is 0 Å². The first kappa shape index (κ1) is 22.7. The maximum Gasteiger partial charge on any atom is 0.296 e. The van der Waals surface area contributed by atoms with Crippen molar-refractivity contribution in [2.45, 2.75) is 64.7 Å². The highest BCUT2D eigenvalue weighted by atomic mass is 32.2. The lowest BCUT2D eigenvalue weighted by Gasteiger charge is -2.43. The van der Waals surface area contributed by atoms with Crippen molar-refractivity contribution in [2.75, 3.05) is 6.61 Å². The second-order valence-electron chi connectivity index (χ2n) is 8.20. The molecule has 1 saturated heterocycles. The van der Waals surface area contributed by atoms with E-state index >= 15 is 0 Å². The third-order valence-corrected chi connectivity index (χ3v) is 7.12. The Kier molecular flexibility index (Phi) is 7.50. The van der Waals surface area contributed by atoms with E-state index in [1.165, 1.54) is 0 Å². The normalized spacial score (nSPS) is 26.9. The highest BCUT2D eigenvalue weighted by Gasteiger charge is 2.42. The summed E-state index contributed by atoms with van der Waals surface area (Å²) in [6.45, 7) is 4.67. The van der Waals surface area contributed by atoms with E-state index in [1.54, 1.807) is 12.2 Å². The molecular formula is C23H31NO5S. The zero-order valence-electron chi connectivity index (χ0n) is 17.7. The van der Waals surface area contributed by atoms with Gasteiger partial charge in [0.2, 0.25) is 5.91 Å². The minimum atomic E-state index is -3.75. The Morgan fingerprint density at radius 2 is 2.00 bits per heavy atom. The Hall–Kier alpha value is -1.96. The molecule has 30 heavy (non-hydrogen) atoms. The molecule has 0 radical (unpaired) electrons. The molecule has 164 valence electrons. The summed E-state index contributed by atoms with van der Waals surface area (Å²) in [7, 11) is -3.75. The molecule has 1 aromatic carbocycles. The van der Waals surface area contributed by atoms with Gasteiger partial charge in [-0.25, -0.2) is 0 Å². The van der Waals surface area contributed by atoms with Crippen LogP contribution in [0, 0.1) is 5.41 Å². The van der Waals surface area contributed by atoms with E-state index in [0.29, 0.717) is 32.3 Å². The Morgan fingerprint density at radius 3 is 2.67 bits per heavy atom. The number of rotatable bonds is 9. The largest absolute Gasteiger partial charge is 0.371 e. The van der Waals surface area contributed by atoms with Crippen LogP contribution in [0.3, 0.4) is 0 Å². The van der Waals surface area contributed by atoms with Crippen LogP contribution in [0.25, 0.3) is 0 Å². The van der Waals surface area contributed by atoms with Crippen LogP contribution in [-0.4, -0.2) is 33.1 Å². The van der Waals surface area contributed by atoms with Gasteiger partial charge in [-0.05, 0) is 30.9 Å². The van der Waals surface area contributed by atoms with Gasteiger partial charge in [0.05, 0.1) is 30.3 Å². The fourth-order valence-corrected chi connectivity index (χ4v) is 4.85. The Balaban J connectivity index is 1.69. The second-order valence-corrected chi connectivity index (χ2v) is 9.81. The first-order valence-electron chi connectivity index (χ1n) is 10.6. The van der Waals surface area contributed by atoms with E-state index in [1.807, 2.05) is 50.3 Å². The molecule has 1 amide bonds. The highest BCUT2D eigenvalue weighted by Crippen LogP contribution is 2.38. The summed E-state index contributed by atoms with van der Waals surface area (Å²) in [5.41, 5.74) is 0.634. The van der Waals surface area contributed by atoms with Crippen LogP contribution in [0.5, 0.6) is 0 Å². The molecule has 7 heteroatoms. The van der Waals surface area contributed by atoms with E-state index < -0.39 is 15.5 Å². The van der Waals surface area contributed by atoms with E-state index in [2.05, 4.69) is 5.32 Å². The van der Waals surface area contributed by atoms with Gasteiger partial charge in [0, 0.05) is 11.8 Å². The van der Waals surface area contributed by atoms with Crippen molar-refractivity contribution in [3.63, 3.8) is 0 Å². The van der Waals surface area contributed by atoms with Crippen LogP contribution in [0.1, 0.15) is 51.5 Å². The molecule has 0 aromatic heterocycles. The second kappa shape index (κ2) is 9.90. The molecule has 6 nitrogen and oxygen atoms in total. The number of piperidine rings is 1. The average Bonchev–Trinajstić information content (AvgIpc) is 2.74. The topological polar surface area (TPSA) is 81.7 Å². The zero-order valence-corrected chi connectivity index (χ0v) is 18.5. The van der Waals surface area contributed by atoms with Crippen LogP contribution in [0.15, 0.2) is 53.5 Å². The number of carbonyl (C=O) groups excluding carboxylic acids is 1. The number of carbonyl (C=O) groups is 1. The molecular weight excluding hydrogens is 402 g/mol. The standard InChI is InChI=1S/C23H31NO5S/c1-3-4-16-29-30(26,27)19-12-14-23(2,15-13-19)22-20(10-11-21(25)24-22)28-17-18-8-6-5-7-9-18/h5-9,12-14,20,22H,3-4,10-11,15-17H2,1-2H3,(H,24,25)/t20-,22-,23?/m0/s1. The molecule has 3 atom stereocenters. The molecule has 0 spiro atoms. The number of hydrogen-bond acceptors (Lipinski definition) is 5. The number of amides is 1. The Bertz CT molecular complexity index is 893. The monoisotopic (exact) mass is 433 g/mol. The Morgan fingerprint density at radius 1 is 1.23 bits per heavy atom. The number of benzene rings is 1. The molecule has 1 heterocycles. The van der Waals surface area contributed by atoms with Gasteiger partial charge in [0.25, 0.3) is 10.1 Å². The summed E-state index contributed by atoms with van der Waals surface area (Å²) in [5.74, 6) is -0.000479. The van der Waals surface area contributed by atoms with Gasteiger partial charge in [-0.3, -0.25) is 8.98 Å². The van der Waals surface area contributed by atoms with Crippen molar-refractivity contribution in [1.82, 2.24) is 5.32 Å². The molecule has 0 bridgehead atoms. The van der Waals surface area contributed by atoms with Crippen molar-refractivity contribution in [1.29, 1.82) is 0 Å². The third kappa shape index (κ3) is 5.59. The number of ether oxygens (including phenoxy) is 1. The quantitative estimate of drug-likeness (QED) is 0.473. The maximum absolute atomic E-state index is 12.4. The van der Waals surface area contributed by atoms with Gasteiger partial charge >= 0.3 is 0 Å². The number of allylic oxidation sites excluding steroid dienone is 2. The van der Waals surface area contributed by atoms with E-state index in [9.17, 15) is 13.2 Å². The summed E-state index contributed by atoms with van der Waals surface area (Å²) >= 11 is 0. The summed E-state index contributed by atoms with van der Waals surface area (Å²) in [5, 5.41) is 3.08. The predicted octanol–water partition coefficient (Wildman–Crippen LogP) is 3.85. The lowest BCUT2D eigenvalue weighted by molar-refractivity contribution is -0.130. The smallest absolute Gasteiger partial charge is 0.296 e. The fourth-order valence-electron chi connectivity index (χ4n) is 3.85. The summed E-state index contributed by atoms with van der Waals surface area (Å²) in [6, 6.07) is 9.69. The molecule has 1 aromatic rings. The van der Waals surface area contributed by atoms with E-state index in [4.69, 9.17) is 8.92 Å². The number of nitrogens with one attached hydrogen (secondary N) is 1. The summed E-state index contributed by atoms with van der Waals surface area (Å²) in [6.07, 6.45) is 8.12. The van der Waals surface area contributed by atoms with Gasteiger partial charge < -0.3 is 10.1 Å². The van der Waals surface area contributed by atoms with Crippen molar-refractivity contribution < 1.29 is 22.1 Å². The molecule has 2 aliphatic rings. The predicted molar refractivity (Wildman–Crippen MR) is 116 cm³/mol. The van der Waals surface area contributed by atoms with Crippen LogP contribution >= 0.6 is 0 Å². The molecule has 1 aliphatic carbocycles. The molecule has 0 saturated carbocycles. The lowest BCUT2D eigenvalue weighted by atomic mass is 9.72. The van der Waals surface area contributed by atoms with Crippen molar-refractivity contribution in [3.8, 4) is 0 Å². The van der Waals surface area contributed by atoms with E-state index in [-0.39, 0.29) is 29.6 Å². The first-order chi connectivity index (χ1) is 14.3. The average molecular weight is 434 g/mol. The number of hydrogen-bond donors (Lipinski definition) is 1. The number of unbranched alkanes of at least 4 members (excludes halogenated alkanes) is 1. The summed E-state index contributed by atoms with van der Waals surface area (Å²) in [4.78, 5) is 12.3. The van der Waals surface area contributed by atoms with Gasteiger partial charge in [-0.2, -0.15) is 8.42 Å². The van der Waals surface area contributed by atoms with Gasteiger partial charge in [-0.15, -0.1) is 0 Å². The van der Waals surface area contributed by atoms with Gasteiger partial charge in [-0.1, -0.05) is 62.8 Å². The maximum atomic E-state index is 12.4. The molecule has 3 rings (SSSR count). The molecule has 1 unspecified atom stereocenters. The zero-order chi connectivity index (χ0) is 21.6. The van der Waals surface area contributed by atoms with Crippen LogP contribution < -0.4 is 5.32 Å². The fraction of sp³-hybridized carbons (Fsp3) is 0.522. The van der Waals surface area contributed by atoms with Gasteiger partial charge in [0.1, 0.15) is 0 Å². The first-order valence-corrected chi connectivity index (χ1v) is 12.0. The highest BCUT2D eigenvalue weighted by molar-refractivity contribution is 7.90. The van der Waals surface area contributed by atoms with Crippen LogP contribution in [0.2, 0.25) is 0 Å². The SMILES string of the molecule is CCCCOS(=O)(=O)C1=CCC(C)([C@H]2NC(=O)CC[C@@H]2OCc2ccccc2)C=C1. The van der Waals surface area contributed by atoms with Gasteiger partial charge in [0.15, 0.2) is 0 Å². The van der Waals surface area contributed by atoms with Crippen molar-refractivity contribution >= 4 is 16.0 Å². The molecule has 1 aliphatic heterocycles. The van der Waals surface area contributed by atoms with Crippen molar-refractivity contribution in [2.24, 2.45) is 5.41 Å². The lowest BCUT2D eigenvalue weighted by Crippen LogP contribution is -2.56. The minimum Gasteiger partial charge on any atom is -0.371 e. The van der Waals surface area contributed by atoms with E-state index in [0.717, 1.165) is 12.0 Å². The van der Waals surface area contributed by atoms with Crippen molar-refractivity contribution in [3.05, 3.63) is 59.0 Å². The molecule has 1 fully saturated rings. The Labute approximate surface area is 179 Å². The van der Waals surface area contributed by atoms with Crippen LogP contribution in [-0.2, 0) is 30.4 Å². The summed E-state index contributed by atoms with van der Waals surface area (Å²) < 4.78 is 36.1. The third-order valence-electron chi connectivity index (χ3n) is 5.76. The minimum absolute atomic E-state index is 0.000479.